The number of allylic oxidation sites excluding steroid dienone is 3. The van der Waals surface area contributed by atoms with Crippen LogP contribution < -0.4 is 10.2 Å². The average molecular weight is 506 g/mol. The maximum absolute atomic E-state index is 13.8. The zero-order valence-electron chi connectivity index (χ0n) is 21.4. The molecule has 6 nitrogen and oxygen atoms in total. The number of para-hydroxylation sites is 1. The van der Waals surface area contributed by atoms with Gasteiger partial charge in [-0.3, -0.25) is 0 Å². The molecule has 2 aromatic carbocycles. The number of carbonyl (C=O) groups excluding carboxylic acids is 1. The molecule has 2 aromatic rings. The van der Waals surface area contributed by atoms with Crippen molar-refractivity contribution in [3.63, 3.8) is 0 Å². The summed E-state index contributed by atoms with van der Waals surface area (Å²) in [5, 5.41) is 14.2. The van der Waals surface area contributed by atoms with Crippen molar-refractivity contribution in [1.29, 1.82) is 0 Å². The van der Waals surface area contributed by atoms with Gasteiger partial charge in [-0.15, -0.1) is 0 Å². The summed E-state index contributed by atoms with van der Waals surface area (Å²) in [5.74, 6) is -0.776. The van der Waals surface area contributed by atoms with Gasteiger partial charge in [-0.1, -0.05) is 0 Å². The number of nitrogens with one attached hydrogen (secondary N) is 1. The first kappa shape index (κ1) is 24.7. The monoisotopic (exact) mass is 505 g/mol. The zero-order chi connectivity index (χ0) is 25.5. The summed E-state index contributed by atoms with van der Waals surface area (Å²) in [6, 6.07) is 15.3. The number of hydrogen-bond donors (Lipinski definition) is 2. The molecule has 0 aliphatic carbocycles. The quantitative estimate of drug-likeness (QED) is 0.595. The predicted molar refractivity (Wildman–Crippen MR) is 150 cm³/mol. The fourth-order valence-corrected chi connectivity index (χ4v) is 10.9. The number of amides is 1. The number of piperazine rings is 1. The molecule has 1 fully saturated rings. The number of carboxylic acids is 1. The normalized spacial score (nSPS) is 21.6. The SMILES string of the molecule is CC1(C)C(c2ccc(C(=O)O)cc2)=CC[PH]2(C)CN(C(=O)c3ccccc3N3CCNCC3)CC=C12. The first-order chi connectivity index (χ1) is 17.2. The third-order valence-corrected chi connectivity index (χ3v) is 12.4. The van der Waals surface area contributed by atoms with E-state index in [2.05, 4.69) is 53.8 Å². The summed E-state index contributed by atoms with van der Waals surface area (Å²) >= 11 is 0. The molecule has 2 N–H and O–H groups in total. The van der Waals surface area contributed by atoms with Crippen molar-refractivity contribution in [2.45, 2.75) is 13.8 Å². The topological polar surface area (TPSA) is 72.9 Å². The van der Waals surface area contributed by atoms with E-state index in [9.17, 15) is 14.7 Å². The second-order valence-electron chi connectivity index (χ2n) is 10.9. The first-order valence-corrected chi connectivity index (χ1v) is 15.7. The van der Waals surface area contributed by atoms with E-state index < -0.39 is 13.2 Å². The Hall–Kier alpha value is -2.95. The molecule has 3 aliphatic heterocycles. The van der Waals surface area contributed by atoms with Gasteiger partial charge in [0.2, 0.25) is 0 Å². The van der Waals surface area contributed by atoms with Crippen LogP contribution in [0.5, 0.6) is 0 Å². The summed E-state index contributed by atoms with van der Waals surface area (Å²) in [6.45, 7) is 11.3. The molecule has 3 heterocycles. The molecule has 7 heteroatoms. The van der Waals surface area contributed by atoms with Gasteiger partial charge < -0.3 is 0 Å². The van der Waals surface area contributed by atoms with E-state index in [1.807, 2.05) is 30.3 Å². The minimum atomic E-state index is -1.94. The third-order valence-electron chi connectivity index (χ3n) is 8.13. The number of carboxylic acid groups (broad SMARTS) is 1. The molecule has 0 radical (unpaired) electrons. The van der Waals surface area contributed by atoms with Crippen molar-refractivity contribution in [1.82, 2.24) is 10.2 Å². The average Bonchev–Trinajstić information content (AvgIpc) is 2.88. The van der Waals surface area contributed by atoms with E-state index in [1.165, 1.54) is 10.9 Å². The van der Waals surface area contributed by atoms with Gasteiger partial charge in [0.1, 0.15) is 0 Å². The Morgan fingerprint density at radius 1 is 1.00 bits per heavy atom. The van der Waals surface area contributed by atoms with Crippen LogP contribution in [0.4, 0.5) is 5.69 Å². The predicted octanol–water partition coefficient (Wildman–Crippen LogP) is 4.59. The van der Waals surface area contributed by atoms with Crippen molar-refractivity contribution in [2.24, 2.45) is 5.41 Å². The number of aromatic carboxylic acids is 1. The molecule has 0 spiro atoms. The Bertz CT molecular complexity index is 1240. The van der Waals surface area contributed by atoms with E-state index in [4.69, 9.17) is 0 Å². The van der Waals surface area contributed by atoms with Crippen LogP contribution in [0, 0.1) is 5.41 Å². The van der Waals surface area contributed by atoms with Gasteiger partial charge in [0, 0.05) is 0 Å². The molecule has 0 bridgehead atoms. The Labute approximate surface area is 214 Å². The van der Waals surface area contributed by atoms with Gasteiger partial charge in [-0.2, -0.15) is 0 Å². The van der Waals surface area contributed by atoms with Gasteiger partial charge in [-0.05, 0) is 0 Å². The van der Waals surface area contributed by atoms with Gasteiger partial charge in [-0.25, -0.2) is 0 Å². The summed E-state index contributed by atoms with van der Waals surface area (Å²) in [6.07, 6.45) is 6.46. The number of nitrogens with zero attached hydrogens (tertiary/aromatic N) is 2. The number of hydrogen-bond acceptors (Lipinski definition) is 4. The number of benzene rings is 2. The van der Waals surface area contributed by atoms with Crippen molar-refractivity contribution in [3.8, 4) is 0 Å². The number of anilines is 1. The van der Waals surface area contributed by atoms with Crippen LogP contribution in [0.25, 0.3) is 5.57 Å². The van der Waals surface area contributed by atoms with Crippen LogP contribution in [0.15, 0.2) is 66.0 Å². The molecule has 190 valence electrons. The standard InChI is InChI=1S/C29H36N3O3P/c1-29(2)24(21-8-10-22(11-9-21)28(34)35)13-19-36(3)20-32(16-12-26(29)36)27(33)23-6-4-5-7-25(23)31-17-14-30-15-18-31/h4-13,30,36H,14-20H2,1-3H3,(H,34,35). The van der Waals surface area contributed by atoms with Gasteiger partial charge in [0.05, 0.1) is 0 Å². The van der Waals surface area contributed by atoms with E-state index in [-0.39, 0.29) is 11.3 Å². The first-order valence-electron chi connectivity index (χ1n) is 12.8. The van der Waals surface area contributed by atoms with E-state index in [0.717, 1.165) is 55.4 Å². The summed E-state index contributed by atoms with van der Waals surface area (Å²) in [7, 11) is -1.94. The van der Waals surface area contributed by atoms with Crippen LogP contribution in [-0.4, -0.2) is 73.7 Å². The molecule has 5 rings (SSSR count). The van der Waals surface area contributed by atoms with E-state index >= 15 is 0 Å². The Morgan fingerprint density at radius 3 is 2.39 bits per heavy atom. The van der Waals surface area contributed by atoms with E-state index in [0.29, 0.717) is 12.1 Å². The van der Waals surface area contributed by atoms with Crippen LogP contribution in [0.1, 0.15) is 40.1 Å². The third kappa shape index (κ3) is 4.38. The fraction of sp³-hybridized carbons (Fsp3) is 0.379. The zero-order valence-corrected chi connectivity index (χ0v) is 22.4. The second-order valence-corrected chi connectivity index (χ2v) is 15.3. The summed E-state index contributed by atoms with van der Waals surface area (Å²) < 4.78 is 0. The van der Waals surface area contributed by atoms with Crippen molar-refractivity contribution in [2.75, 3.05) is 56.7 Å². The number of rotatable bonds is 4. The molecule has 36 heavy (non-hydrogen) atoms. The van der Waals surface area contributed by atoms with Crippen molar-refractivity contribution >= 4 is 30.4 Å². The minimum absolute atomic E-state index is 0.130. The van der Waals surface area contributed by atoms with Crippen LogP contribution in [0.2, 0.25) is 0 Å². The molecule has 1 saturated heterocycles. The summed E-state index contributed by atoms with van der Waals surface area (Å²) in [4.78, 5) is 29.5. The van der Waals surface area contributed by atoms with Gasteiger partial charge >= 0.3 is 214 Å². The fourth-order valence-electron chi connectivity index (χ4n) is 6.36. The maximum atomic E-state index is 13.8. The molecule has 1 amide bonds. The molecule has 3 aliphatic rings. The number of carbonyl (C=O) groups is 2. The number of fused-ring (bicyclic) bond motifs is 1. The molecule has 0 atom stereocenters. The molecular weight excluding hydrogens is 469 g/mol. The molecule has 0 unspecified atom stereocenters. The van der Waals surface area contributed by atoms with Gasteiger partial charge in [0.25, 0.3) is 0 Å². The van der Waals surface area contributed by atoms with Gasteiger partial charge in [0.15, 0.2) is 0 Å². The van der Waals surface area contributed by atoms with E-state index in [1.54, 1.807) is 12.1 Å². The molecule has 0 aromatic heterocycles. The van der Waals surface area contributed by atoms with Crippen LogP contribution in [0.3, 0.4) is 0 Å². The molecule has 0 saturated carbocycles. The summed E-state index contributed by atoms with van der Waals surface area (Å²) in [5.41, 5.74) is 4.32. The molecular formula is C29H36N3O3P. The Kier molecular flexibility index (Phi) is 6.52. The van der Waals surface area contributed by atoms with Crippen molar-refractivity contribution < 1.29 is 14.7 Å². The van der Waals surface area contributed by atoms with Crippen LogP contribution in [-0.2, 0) is 0 Å². The van der Waals surface area contributed by atoms with Crippen molar-refractivity contribution in [3.05, 3.63) is 82.7 Å². The van der Waals surface area contributed by atoms with Crippen LogP contribution >= 0.6 is 7.26 Å². The Morgan fingerprint density at radius 2 is 1.69 bits per heavy atom. The second kappa shape index (κ2) is 9.49. The Balaban J connectivity index is 1.41.